The molecule has 312 valence electrons. The highest BCUT2D eigenvalue weighted by Gasteiger charge is 2.20. The van der Waals surface area contributed by atoms with Crippen LogP contribution in [0.1, 0.15) is 139 Å². The first kappa shape index (κ1) is 47.3. The Kier molecular flexibility index (Phi) is 15.2. The fourth-order valence-corrected chi connectivity index (χ4v) is 7.68. The zero-order valence-corrected chi connectivity index (χ0v) is 40.8. The van der Waals surface area contributed by atoms with Gasteiger partial charge in [-0.25, -0.2) is 0 Å². The number of hydrogen-bond acceptors (Lipinski definition) is 1. The summed E-state index contributed by atoms with van der Waals surface area (Å²) in [5.74, 6) is 0. The second-order valence-corrected chi connectivity index (χ2v) is 22.0. The summed E-state index contributed by atoms with van der Waals surface area (Å²) >= 11 is 1.80. The van der Waals surface area contributed by atoms with Crippen LogP contribution in [-0.4, -0.2) is 0 Å². The highest BCUT2D eigenvalue weighted by atomic mass is 32.2. The van der Waals surface area contributed by atoms with Gasteiger partial charge in [0, 0.05) is 9.79 Å². The maximum atomic E-state index is 2.38. The first-order chi connectivity index (χ1) is 27.2. The van der Waals surface area contributed by atoms with Gasteiger partial charge in [0.1, 0.15) is 0 Å². The van der Waals surface area contributed by atoms with Crippen molar-refractivity contribution >= 4 is 11.8 Å². The fourth-order valence-electron chi connectivity index (χ4n) is 6.86. The molecule has 0 heterocycles. The van der Waals surface area contributed by atoms with Crippen molar-refractivity contribution in [1.29, 1.82) is 0 Å². The van der Waals surface area contributed by atoms with Gasteiger partial charge in [-0.15, -0.1) is 0 Å². The zero-order valence-electron chi connectivity index (χ0n) is 40.0. The topological polar surface area (TPSA) is 0 Å². The SMILES string of the molecule is Cc1ccc(C(C)(C)C)cc1-c1cc(C(C)(C)C)ccc1C.Cc1ccc(C(C)(C)C)cc1-c1cc(C(C)(C)C)ccc1C.Cc1ccc(Sc2ccc(C)cc2)cc1. The van der Waals surface area contributed by atoms with Crippen LogP contribution in [-0.2, 0) is 21.7 Å². The first-order valence-corrected chi connectivity index (χ1v) is 22.3. The third-order valence-electron chi connectivity index (χ3n) is 11.3. The van der Waals surface area contributed by atoms with Crippen LogP contribution in [0.15, 0.2) is 131 Å². The van der Waals surface area contributed by atoms with Crippen molar-refractivity contribution in [3.05, 3.63) is 177 Å². The van der Waals surface area contributed by atoms with Crippen LogP contribution < -0.4 is 0 Å². The standard InChI is InChI=1S/2C22H30.C14H14S/c2*1-15-9-11-17(21(3,4)5)13-19(15)20-14-18(22(6,7)8)12-10-16(20)2;1-11-3-7-13(8-4-11)15-14-9-5-12(2)6-10-14/h2*9-14H,1-8H3;3-10H,1-2H3. The lowest BCUT2D eigenvalue weighted by molar-refractivity contribution is 0.589. The van der Waals surface area contributed by atoms with Gasteiger partial charge in [-0.2, -0.15) is 0 Å². The molecule has 59 heavy (non-hydrogen) atoms. The van der Waals surface area contributed by atoms with E-state index in [0.717, 1.165) is 0 Å². The van der Waals surface area contributed by atoms with Crippen LogP contribution in [0.5, 0.6) is 0 Å². The molecule has 0 nitrogen and oxygen atoms in total. The molecule has 6 aromatic carbocycles. The average molecular weight is 803 g/mol. The van der Waals surface area contributed by atoms with E-state index in [9.17, 15) is 0 Å². The average Bonchev–Trinajstić information content (AvgIpc) is 3.13. The Bertz CT molecular complexity index is 2020. The second-order valence-electron chi connectivity index (χ2n) is 20.8. The molecule has 6 aromatic rings. The molecule has 0 saturated heterocycles. The largest absolute Gasteiger partial charge is 0.0901 e. The molecule has 0 N–H and O–H groups in total. The quantitative estimate of drug-likeness (QED) is 0.171. The van der Waals surface area contributed by atoms with Crippen molar-refractivity contribution < 1.29 is 0 Å². The highest BCUT2D eigenvalue weighted by molar-refractivity contribution is 7.99. The van der Waals surface area contributed by atoms with Gasteiger partial charge >= 0.3 is 0 Å². The summed E-state index contributed by atoms with van der Waals surface area (Å²) in [6.07, 6.45) is 0. The van der Waals surface area contributed by atoms with Crippen LogP contribution in [0.3, 0.4) is 0 Å². The van der Waals surface area contributed by atoms with E-state index in [-0.39, 0.29) is 21.7 Å². The third-order valence-corrected chi connectivity index (χ3v) is 12.3. The lowest BCUT2D eigenvalue weighted by Crippen LogP contribution is -2.12. The van der Waals surface area contributed by atoms with Gasteiger partial charge in [-0.1, -0.05) is 203 Å². The van der Waals surface area contributed by atoms with Gasteiger partial charge in [-0.05, 0) is 154 Å². The van der Waals surface area contributed by atoms with E-state index in [1.54, 1.807) is 11.8 Å². The molecule has 0 bridgehead atoms. The van der Waals surface area contributed by atoms with E-state index < -0.39 is 0 Å². The molecule has 0 aliphatic heterocycles. The Morgan fingerprint density at radius 3 is 0.661 bits per heavy atom. The molecule has 0 amide bonds. The summed E-state index contributed by atoms with van der Waals surface area (Å²) < 4.78 is 0. The van der Waals surface area contributed by atoms with E-state index in [1.807, 2.05) is 0 Å². The molecule has 0 atom stereocenters. The molecule has 0 aromatic heterocycles. The van der Waals surface area contributed by atoms with E-state index in [1.165, 1.54) is 87.7 Å². The number of rotatable bonds is 4. The minimum Gasteiger partial charge on any atom is -0.0901 e. The van der Waals surface area contributed by atoms with Crippen molar-refractivity contribution in [3.63, 3.8) is 0 Å². The molecule has 0 unspecified atom stereocenters. The fraction of sp³-hybridized carbons (Fsp3) is 0.379. The Morgan fingerprint density at radius 2 is 0.475 bits per heavy atom. The Balaban J connectivity index is 0.000000199. The van der Waals surface area contributed by atoms with Crippen molar-refractivity contribution in [2.75, 3.05) is 0 Å². The number of aryl methyl sites for hydroxylation is 6. The summed E-state index contributed by atoms with van der Waals surface area (Å²) in [7, 11) is 0. The van der Waals surface area contributed by atoms with Gasteiger partial charge in [0.15, 0.2) is 0 Å². The lowest BCUT2D eigenvalue weighted by atomic mass is 9.81. The van der Waals surface area contributed by atoms with Crippen molar-refractivity contribution in [2.45, 2.75) is 156 Å². The van der Waals surface area contributed by atoms with Crippen LogP contribution in [0.25, 0.3) is 22.3 Å². The van der Waals surface area contributed by atoms with E-state index in [4.69, 9.17) is 0 Å². The monoisotopic (exact) mass is 803 g/mol. The molecule has 1 heteroatoms. The molecular formula is C58H74S. The summed E-state index contributed by atoms with van der Waals surface area (Å²) in [4.78, 5) is 2.59. The Hall–Kier alpha value is -4.33. The summed E-state index contributed by atoms with van der Waals surface area (Å²) in [6.45, 7) is 40.4. The van der Waals surface area contributed by atoms with Gasteiger partial charge in [0.25, 0.3) is 0 Å². The van der Waals surface area contributed by atoms with E-state index in [2.05, 4.69) is 246 Å². The smallest absolute Gasteiger partial charge is 0.0122 e. The molecule has 0 aliphatic rings. The highest BCUT2D eigenvalue weighted by Crippen LogP contribution is 2.37. The van der Waals surface area contributed by atoms with E-state index >= 15 is 0 Å². The van der Waals surface area contributed by atoms with Crippen LogP contribution in [0, 0.1) is 41.5 Å². The number of benzene rings is 6. The minimum absolute atomic E-state index is 0.179. The van der Waals surface area contributed by atoms with Gasteiger partial charge < -0.3 is 0 Å². The van der Waals surface area contributed by atoms with Gasteiger partial charge in [0.05, 0.1) is 0 Å². The summed E-state index contributed by atoms with van der Waals surface area (Å²) in [5, 5.41) is 0. The summed E-state index contributed by atoms with van der Waals surface area (Å²) in [5.41, 5.74) is 19.8. The predicted octanol–water partition coefficient (Wildman–Crippen LogP) is 17.6. The normalized spacial score (nSPS) is 12.0. The molecule has 6 rings (SSSR count). The summed E-state index contributed by atoms with van der Waals surface area (Å²) in [6, 6.07) is 44.9. The van der Waals surface area contributed by atoms with Gasteiger partial charge in [0.2, 0.25) is 0 Å². The minimum atomic E-state index is 0.179. The van der Waals surface area contributed by atoms with Gasteiger partial charge in [-0.3, -0.25) is 0 Å². The molecule has 0 radical (unpaired) electrons. The third kappa shape index (κ3) is 13.3. The molecule has 0 saturated carbocycles. The van der Waals surface area contributed by atoms with Crippen LogP contribution in [0.2, 0.25) is 0 Å². The Morgan fingerprint density at radius 1 is 0.271 bits per heavy atom. The number of hydrogen-bond donors (Lipinski definition) is 0. The predicted molar refractivity (Wildman–Crippen MR) is 264 cm³/mol. The molecule has 0 fully saturated rings. The van der Waals surface area contributed by atoms with E-state index in [0.29, 0.717) is 0 Å². The van der Waals surface area contributed by atoms with Crippen LogP contribution in [0.4, 0.5) is 0 Å². The lowest BCUT2D eigenvalue weighted by Gasteiger charge is -2.23. The van der Waals surface area contributed by atoms with Crippen molar-refractivity contribution in [1.82, 2.24) is 0 Å². The maximum Gasteiger partial charge on any atom is 0.0122 e. The second kappa shape index (κ2) is 18.9. The maximum absolute atomic E-state index is 2.38. The van der Waals surface area contributed by atoms with Crippen molar-refractivity contribution in [3.8, 4) is 22.3 Å². The van der Waals surface area contributed by atoms with Crippen molar-refractivity contribution in [2.24, 2.45) is 0 Å². The molecular weight excluding hydrogens is 729 g/mol. The zero-order chi connectivity index (χ0) is 44.1. The molecule has 0 aliphatic carbocycles. The van der Waals surface area contributed by atoms with Crippen LogP contribution >= 0.6 is 11.8 Å². The Labute approximate surface area is 365 Å². The molecule has 0 spiro atoms. The first-order valence-electron chi connectivity index (χ1n) is 21.5.